The number of anilines is 1. The van der Waals surface area contributed by atoms with E-state index >= 15 is 0 Å². The highest BCUT2D eigenvalue weighted by Crippen LogP contribution is 2.26. The number of halogens is 1. The van der Waals surface area contributed by atoms with E-state index in [4.69, 9.17) is 0 Å². The smallest absolute Gasteiger partial charge is 0.244 e. The number of carbonyl (C=O) groups is 2. The standard InChI is InChI=1S/C31H38FN3O4S/c1-22-11-10-14-27(23(22)2)35(40(6,38)39)21-29(36)34(20-25-15-17-26(32)18-16-25)28(30(37)33-31(3,4)5)19-24-12-8-7-9-13-24/h7-18,28H,19-21H2,1-6H3,(H,33,37). The van der Waals surface area contributed by atoms with Crippen LogP contribution in [-0.2, 0) is 32.6 Å². The van der Waals surface area contributed by atoms with Crippen molar-refractivity contribution in [3.8, 4) is 0 Å². The minimum atomic E-state index is -3.86. The number of nitrogens with one attached hydrogen (secondary N) is 1. The van der Waals surface area contributed by atoms with Crippen LogP contribution in [0.25, 0.3) is 0 Å². The van der Waals surface area contributed by atoms with Crippen LogP contribution in [0.4, 0.5) is 10.1 Å². The quantitative estimate of drug-likeness (QED) is 0.383. The second-order valence-electron chi connectivity index (χ2n) is 11.1. The molecule has 40 heavy (non-hydrogen) atoms. The first-order valence-corrected chi connectivity index (χ1v) is 14.9. The molecule has 1 unspecified atom stereocenters. The van der Waals surface area contributed by atoms with E-state index in [-0.39, 0.29) is 18.9 Å². The van der Waals surface area contributed by atoms with Crippen molar-refractivity contribution in [1.29, 1.82) is 0 Å². The molecule has 0 aromatic heterocycles. The van der Waals surface area contributed by atoms with Gasteiger partial charge in [-0.2, -0.15) is 0 Å². The number of amides is 2. The molecule has 0 aliphatic carbocycles. The molecule has 3 rings (SSSR count). The molecule has 0 heterocycles. The molecule has 0 saturated heterocycles. The van der Waals surface area contributed by atoms with Crippen molar-refractivity contribution >= 4 is 27.5 Å². The molecule has 7 nitrogen and oxygen atoms in total. The zero-order chi connectivity index (χ0) is 29.7. The molecule has 214 valence electrons. The second-order valence-corrected chi connectivity index (χ2v) is 13.0. The van der Waals surface area contributed by atoms with Gasteiger partial charge in [0.25, 0.3) is 0 Å². The highest BCUT2D eigenvalue weighted by Gasteiger charge is 2.34. The Kier molecular flexibility index (Phi) is 9.73. The van der Waals surface area contributed by atoms with Crippen LogP contribution in [0.1, 0.15) is 43.0 Å². The van der Waals surface area contributed by atoms with Crippen molar-refractivity contribution in [2.75, 3.05) is 17.1 Å². The lowest BCUT2D eigenvalue weighted by Crippen LogP contribution is -2.56. The molecule has 0 radical (unpaired) electrons. The molecule has 3 aromatic rings. The summed E-state index contributed by atoms with van der Waals surface area (Å²) < 4.78 is 40.7. The Balaban J connectivity index is 2.09. The van der Waals surface area contributed by atoms with E-state index in [0.29, 0.717) is 11.3 Å². The lowest BCUT2D eigenvalue weighted by atomic mass is 10.0. The van der Waals surface area contributed by atoms with Gasteiger partial charge in [-0.15, -0.1) is 0 Å². The third-order valence-electron chi connectivity index (χ3n) is 6.56. The maximum absolute atomic E-state index is 14.1. The summed E-state index contributed by atoms with van der Waals surface area (Å²) in [7, 11) is -3.86. The van der Waals surface area contributed by atoms with Gasteiger partial charge in [-0.05, 0) is 75.1 Å². The van der Waals surface area contributed by atoms with Gasteiger partial charge < -0.3 is 10.2 Å². The monoisotopic (exact) mass is 567 g/mol. The summed E-state index contributed by atoms with van der Waals surface area (Å²) in [6.45, 7) is 8.71. The third-order valence-corrected chi connectivity index (χ3v) is 7.69. The summed E-state index contributed by atoms with van der Waals surface area (Å²) in [5.41, 5.74) is 2.88. The van der Waals surface area contributed by atoms with Gasteiger partial charge in [0, 0.05) is 18.5 Å². The molecular formula is C31H38FN3O4S. The summed E-state index contributed by atoms with van der Waals surface area (Å²) in [6.07, 6.45) is 1.26. The molecule has 0 bridgehead atoms. The summed E-state index contributed by atoms with van der Waals surface area (Å²) in [5.74, 6) is -1.35. The Morgan fingerprint density at radius 1 is 0.900 bits per heavy atom. The number of benzene rings is 3. The Hall–Kier alpha value is -3.72. The lowest BCUT2D eigenvalue weighted by molar-refractivity contribution is -0.140. The Morgan fingerprint density at radius 2 is 1.52 bits per heavy atom. The Morgan fingerprint density at radius 3 is 2.10 bits per heavy atom. The van der Waals surface area contributed by atoms with Crippen molar-refractivity contribution in [3.05, 3.63) is 101 Å². The van der Waals surface area contributed by atoms with Crippen LogP contribution in [0, 0.1) is 19.7 Å². The molecule has 0 aliphatic rings. The SMILES string of the molecule is Cc1cccc(N(CC(=O)N(Cc2ccc(F)cc2)C(Cc2ccccc2)C(=O)NC(C)(C)C)S(C)(=O)=O)c1C. The van der Waals surface area contributed by atoms with Gasteiger partial charge >= 0.3 is 0 Å². The minimum absolute atomic E-state index is 0.0153. The van der Waals surface area contributed by atoms with E-state index in [1.807, 2.05) is 64.1 Å². The van der Waals surface area contributed by atoms with Crippen LogP contribution in [0.15, 0.2) is 72.8 Å². The molecule has 9 heteroatoms. The fourth-order valence-electron chi connectivity index (χ4n) is 4.39. The number of hydrogen-bond acceptors (Lipinski definition) is 4. The number of rotatable bonds is 10. The molecule has 0 spiro atoms. The zero-order valence-electron chi connectivity index (χ0n) is 23.9. The Bertz CT molecular complexity index is 1440. The molecule has 2 amide bonds. The average Bonchev–Trinajstić information content (AvgIpc) is 2.86. The van der Waals surface area contributed by atoms with E-state index in [1.165, 1.54) is 17.0 Å². The fraction of sp³-hybridized carbons (Fsp3) is 0.355. The van der Waals surface area contributed by atoms with E-state index < -0.39 is 39.9 Å². The van der Waals surface area contributed by atoms with Crippen LogP contribution in [0.3, 0.4) is 0 Å². The number of hydrogen-bond donors (Lipinski definition) is 1. The molecule has 1 atom stereocenters. The highest BCUT2D eigenvalue weighted by atomic mass is 32.2. The molecule has 1 N–H and O–H groups in total. The Labute approximate surface area is 237 Å². The number of sulfonamides is 1. The van der Waals surface area contributed by atoms with E-state index in [0.717, 1.165) is 27.3 Å². The first-order chi connectivity index (χ1) is 18.7. The average molecular weight is 568 g/mol. The number of aryl methyl sites for hydroxylation is 1. The van der Waals surface area contributed by atoms with Gasteiger partial charge in [-0.3, -0.25) is 13.9 Å². The van der Waals surface area contributed by atoms with Crippen molar-refractivity contribution in [2.45, 2.75) is 59.2 Å². The predicted molar refractivity (Wildman–Crippen MR) is 157 cm³/mol. The minimum Gasteiger partial charge on any atom is -0.350 e. The molecule has 0 saturated carbocycles. The zero-order valence-corrected chi connectivity index (χ0v) is 24.8. The topological polar surface area (TPSA) is 86.8 Å². The van der Waals surface area contributed by atoms with Gasteiger partial charge in [0.2, 0.25) is 21.8 Å². The summed E-state index contributed by atoms with van der Waals surface area (Å²) >= 11 is 0. The first kappa shape index (κ1) is 30.8. The van der Waals surface area contributed by atoms with E-state index in [9.17, 15) is 22.4 Å². The molecular weight excluding hydrogens is 529 g/mol. The van der Waals surface area contributed by atoms with E-state index in [1.54, 1.807) is 31.2 Å². The first-order valence-electron chi connectivity index (χ1n) is 13.1. The third kappa shape index (κ3) is 8.39. The van der Waals surface area contributed by atoms with Crippen LogP contribution < -0.4 is 9.62 Å². The highest BCUT2D eigenvalue weighted by molar-refractivity contribution is 7.92. The van der Waals surface area contributed by atoms with Crippen LogP contribution in [-0.4, -0.2) is 49.5 Å². The normalized spacial score (nSPS) is 12.5. The van der Waals surface area contributed by atoms with Crippen LogP contribution in [0.5, 0.6) is 0 Å². The lowest BCUT2D eigenvalue weighted by Gasteiger charge is -2.35. The fourth-order valence-corrected chi connectivity index (χ4v) is 5.29. The van der Waals surface area contributed by atoms with Crippen molar-refractivity contribution in [2.24, 2.45) is 0 Å². The maximum atomic E-state index is 14.1. The largest absolute Gasteiger partial charge is 0.350 e. The number of nitrogens with zero attached hydrogens (tertiary/aromatic N) is 2. The van der Waals surface area contributed by atoms with Gasteiger partial charge in [-0.25, -0.2) is 12.8 Å². The summed E-state index contributed by atoms with van der Waals surface area (Å²) in [4.78, 5) is 29.2. The number of carbonyl (C=O) groups excluding carboxylic acids is 2. The van der Waals surface area contributed by atoms with Crippen molar-refractivity contribution < 1.29 is 22.4 Å². The van der Waals surface area contributed by atoms with E-state index in [2.05, 4.69) is 5.32 Å². The van der Waals surface area contributed by atoms with Crippen LogP contribution >= 0.6 is 0 Å². The molecule has 0 fully saturated rings. The summed E-state index contributed by atoms with van der Waals surface area (Å²) in [6, 6.07) is 19.3. The predicted octanol–water partition coefficient (Wildman–Crippen LogP) is 4.76. The van der Waals surface area contributed by atoms with Gasteiger partial charge in [0.05, 0.1) is 11.9 Å². The second kappa shape index (κ2) is 12.6. The van der Waals surface area contributed by atoms with Gasteiger partial charge in [-0.1, -0.05) is 54.6 Å². The van der Waals surface area contributed by atoms with Crippen molar-refractivity contribution in [1.82, 2.24) is 10.2 Å². The van der Waals surface area contributed by atoms with Gasteiger partial charge in [0.1, 0.15) is 18.4 Å². The van der Waals surface area contributed by atoms with Gasteiger partial charge in [0.15, 0.2) is 0 Å². The maximum Gasteiger partial charge on any atom is 0.244 e. The molecule has 0 aliphatic heterocycles. The summed E-state index contributed by atoms with van der Waals surface area (Å²) in [5, 5.41) is 2.98. The van der Waals surface area contributed by atoms with Crippen LogP contribution in [0.2, 0.25) is 0 Å². The van der Waals surface area contributed by atoms with Crippen molar-refractivity contribution in [3.63, 3.8) is 0 Å². The molecule has 3 aromatic carbocycles.